The van der Waals surface area contributed by atoms with Crippen LogP contribution in [0.15, 0.2) is 78.9 Å². The van der Waals surface area contributed by atoms with Gasteiger partial charge in [0.1, 0.15) is 5.75 Å². The number of nitrogens with zero attached hydrogens (tertiary/aromatic N) is 2. The Balaban J connectivity index is 1.31. The highest BCUT2D eigenvalue weighted by Gasteiger charge is 2.41. The predicted octanol–water partition coefficient (Wildman–Crippen LogP) is 4.20. The largest absolute Gasteiger partial charge is 0.494 e. The van der Waals surface area contributed by atoms with Gasteiger partial charge in [-0.25, -0.2) is 0 Å². The number of hydrogen-bond acceptors (Lipinski definition) is 5. The van der Waals surface area contributed by atoms with E-state index in [1.54, 1.807) is 48.5 Å². The minimum atomic E-state index is -0.480. The first-order chi connectivity index (χ1) is 17.1. The molecular weight excluding hydrogens is 444 g/mol. The van der Waals surface area contributed by atoms with Crippen molar-refractivity contribution in [3.63, 3.8) is 0 Å². The Hall–Kier alpha value is -4.26. The van der Waals surface area contributed by atoms with Gasteiger partial charge in [0.2, 0.25) is 0 Å². The Bertz CT molecular complexity index is 1230. The highest BCUT2D eigenvalue weighted by atomic mass is 16.5. The number of imide groups is 2. The molecule has 2 aliphatic rings. The fourth-order valence-corrected chi connectivity index (χ4v) is 4.69. The molecule has 0 spiro atoms. The van der Waals surface area contributed by atoms with Gasteiger partial charge >= 0.3 is 0 Å². The lowest BCUT2D eigenvalue weighted by molar-refractivity contribution is 0.0540. The number of hydrogen-bond donors (Lipinski definition) is 0. The smallest absolute Gasteiger partial charge is 0.261 e. The van der Waals surface area contributed by atoms with Crippen molar-refractivity contribution in [1.82, 2.24) is 9.80 Å². The summed E-state index contributed by atoms with van der Waals surface area (Å²) in [4.78, 5) is 54.4. The first kappa shape index (κ1) is 22.5. The average molecular weight is 469 g/mol. The molecule has 1 atom stereocenters. The van der Waals surface area contributed by atoms with Gasteiger partial charge in [-0.2, -0.15) is 0 Å². The van der Waals surface area contributed by atoms with Crippen molar-refractivity contribution in [2.75, 3.05) is 13.2 Å². The van der Waals surface area contributed by atoms with Crippen molar-refractivity contribution >= 4 is 23.6 Å². The zero-order valence-corrected chi connectivity index (χ0v) is 19.1. The fraction of sp³-hybridized carbons (Fsp3) is 0.214. The van der Waals surface area contributed by atoms with Crippen LogP contribution in [0.1, 0.15) is 60.7 Å². The monoisotopic (exact) mass is 468 g/mol. The Morgan fingerprint density at radius 1 is 0.600 bits per heavy atom. The van der Waals surface area contributed by atoms with Gasteiger partial charge in [0.15, 0.2) is 0 Å². The number of carbonyl (C=O) groups excluding carboxylic acids is 4. The van der Waals surface area contributed by atoms with Crippen LogP contribution in [0.3, 0.4) is 0 Å². The van der Waals surface area contributed by atoms with E-state index in [9.17, 15) is 19.2 Å². The minimum absolute atomic E-state index is 0.115. The maximum absolute atomic E-state index is 13.1. The third-order valence-electron chi connectivity index (χ3n) is 6.45. The summed E-state index contributed by atoms with van der Waals surface area (Å²) in [6.45, 7) is 0.528. The summed E-state index contributed by atoms with van der Waals surface area (Å²) in [6.07, 6.45) is 1.37. The molecular formula is C28H24N2O5. The molecule has 0 bridgehead atoms. The number of benzene rings is 3. The van der Waals surface area contributed by atoms with Gasteiger partial charge in [0.25, 0.3) is 23.6 Å². The Kier molecular flexibility index (Phi) is 6.14. The van der Waals surface area contributed by atoms with Crippen molar-refractivity contribution in [3.8, 4) is 5.75 Å². The second-order valence-corrected chi connectivity index (χ2v) is 8.58. The van der Waals surface area contributed by atoms with Crippen LogP contribution < -0.4 is 4.74 Å². The predicted molar refractivity (Wildman–Crippen MR) is 128 cm³/mol. The van der Waals surface area contributed by atoms with Crippen LogP contribution in [-0.2, 0) is 0 Å². The Morgan fingerprint density at radius 3 is 1.63 bits per heavy atom. The first-order valence-corrected chi connectivity index (χ1v) is 11.7. The summed E-state index contributed by atoms with van der Waals surface area (Å²) < 4.78 is 5.78. The Labute approximate surface area is 202 Å². The summed E-state index contributed by atoms with van der Waals surface area (Å²) >= 11 is 0. The lowest BCUT2D eigenvalue weighted by atomic mass is 10.1. The highest BCUT2D eigenvalue weighted by molar-refractivity contribution is 6.22. The molecule has 0 N–H and O–H groups in total. The number of ether oxygens (including phenoxy) is 1. The molecule has 0 aliphatic carbocycles. The van der Waals surface area contributed by atoms with E-state index in [0.717, 1.165) is 5.75 Å². The second-order valence-electron chi connectivity index (χ2n) is 8.58. The average Bonchev–Trinajstić information content (AvgIpc) is 3.29. The molecule has 4 amide bonds. The minimum Gasteiger partial charge on any atom is -0.494 e. The summed E-state index contributed by atoms with van der Waals surface area (Å²) in [5, 5.41) is 0. The van der Waals surface area contributed by atoms with Crippen molar-refractivity contribution in [1.29, 1.82) is 0 Å². The van der Waals surface area contributed by atoms with E-state index in [-0.39, 0.29) is 30.2 Å². The molecule has 176 valence electrons. The zero-order chi connectivity index (χ0) is 24.4. The topological polar surface area (TPSA) is 84.0 Å². The van der Waals surface area contributed by atoms with Crippen LogP contribution in [-0.4, -0.2) is 52.6 Å². The van der Waals surface area contributed by atoms with E-state index in [0.29, 0.717) is 48.1 Å². The fourth-order valence-electron chi connectivity index (χ4n) is 4.69. The van der Waals surface area contributed by atoms with E-state index in [1.165, 1.54) is 9.80 Å². The van der Waals surface area contributed by atoms with Crippen LogP contribution >= 0.6 is 0 Å². The van der Waals surface area contributed by atoms with Gasteiger partial charge in [-0.05, 0) is 55.7 Å². The molecule has 3 aromatic rings. The van der Waals surface area contributed by atoms with E-state index in [4.69, 9.17) is 4.74 Å². The number of rotatable bonds is 9. The van der Waals surface area contributed by atoms with Gasteiger partial charge in [0.05, 0.1) is 28.9 Å². The molecule has 0 aromatic heterocycles. The third-order valence-corrected chi connectivity index (χ3v) is 6.45. The van der Waals surface area contributed by atoms with Gasteiger partial charge in [-0.15, -0.1) is 0 Å². The van der Waals surface area contributed by atoms with E-state index >= 15 is 0 Å². The maximum atomic E-state index is 13.1. The van der Waals surface area contributed by atoms with Gasteiger partial charge in [-0.1, -0.05) is 42.5 Å². The number of para-hydroxylation sites is 1. The number of amides is 4. The third kappa shape index (κ3) is 4.21. The molecule has 3 aromatic carbocycles. The molecule has 0 saturated heterocycles. The Morgan fingerprint density at radius 2 is 1.09 bits per heavy atom. The molecule has 2 heterocycles. The zero-order valence-electron chi connectivity index (χ0n) is 19.1. The SMILES string of the molecule is O=C1c2ccccc2C(=O)N1CCC(CCCOc1ccccc1)N1C(=O)c2ccccc2C1=O. The van der Waals surface area contributed by atoms with E-state index < -0.39 is 6.04 Å². The summed E-state index contributed by atoms with van der Waals surface area (Å²) in [5.74, 6) is -0.641. The molecule has 5 rings (SSSR count). The van der Waals surface area contributed by atoms with Crippen LogP contribution in [0.2, 0.25) is 0 Å². The summed E-state index contributed by atoms with van der Waals surface area (Å²) in [7, 11) is 0. The van der Waals surface area contributed by atoms with Crippen LogP contribution in [0.5, 0.6) is 5.75 Å². The first-order valence-electron chi connectivity index (χ1n) is 11.7. The normalized spacial score (nSPS) is 15.4. The lowest BCUT2D eigenvalue weighted by Crippen LogP contribution is -2.43. The maximum Gasteiger partial charge on any atom is 0.261 e. The number of fused-ring (bicyclic) bond motifs is 2. The standard InChI is InChI=1S/C28H24N2O5/c31-25-21-12-4-5-13-22(21)26(32)29(25)17-16-19(9-8-18-35-20-10-2-1-3-11-20)30-27(33)23-14-6-7-15-24(23)28(30)34/h1-7,10-15,19H,8-9,16-18H2. The second kappa shape index (κ2) is 9.54. The molecule has 0 fully saturated rings. The highest BCUT2D eigenvalue weighted by Crippen LogP contribution is 2.29. The molecule has 0 radical (unpaired) electrons. The lowest BCUT2D eigenvalue weighted by Gasteiger charge is -2.28. The molecule has 1 unspecified atom stereocenters. The van der Waals surface area contributed by atoms with Crippen molar-refractivity contribution in [2.45, 2.75) is 25.3 Å². The molecule has 35 heavy (non-hydrogen) atoms. The summed E-state index contributed by atoms with van der Waals surface area (Å²) in [5.41, 5.74) is 1.52. The van der Waals surface area contributed by atoms with Crippen molar-refractivity contribution in [2.24, 2.45) is 0 Å². The molecule has 7 nitrogen and oxygen atoms in total. The molecule has 7 heteroatoms. The van der Waals surface area contributed by atoms with Crippen LogP contribution in [0, 0.1) is 0 Å². The van der Waals surface area contributed by atoms with Crippen LogP contribution in [0.25, 0.3) is 0 Å². The van der Waals surface area contributed by atoms with Gasteiger partial charge in [0, 0.05) is 12.6 Å². The molecule has 0 saturated carbocycles. The van der Waals surface area contributed by atoms with E-state index in [2.05, 4.69) is 0 Å². The van der Waals surface area contributed by atoms with E-state index in [1.807, 2.05) is 30.3 Å². The summed E-state index contributed by atoms with van der Waals surface area (Å²) in [6, 6.07) is 22.4. The van der Waals surface area contributed by atoms with Crippen LogP contribution in [0.4, 0.5) is 0 Å². The van der Waals surface area contributed by atoms with Gasteiger partial charge < -0.3 is 4.74 Å². The quantitative estimate of drug-likeness (QED) is 0.347. The van der Waals surface area contributed by atoms with Gasteiger partial charge in [-0.3, -0.25) is 29.0 Å². The molecule has 2 aliphatic heterocycles. The van der Waals surface area contributed by atoms with Crippen molar-refractivity contribution < 1.29 is 23.9 Å². The van der Waals surface area contributed by atoms with Crippen molar-refractivity contribution in [3.05, 3.63) is 101 Å². The number of carbonyl (C=O) groups is 4.